The predicted octanol–water partition coefficient (Wildman–Crippen LogP) is 3.15. The van der Waals surface area contributed by atoms with Crippen molar-refractivity contribution in [1.82, 2.24) is 15.1 Å². The maximum absolute atomic E-state index is 12.4. The van der Waals surface area contributed by atoms with E-state index in [9.17, 15) is 4.79 Å². The molecule has 138 valence electrons. The molecule has 1 atom stereocenters. The van der Waals surface area contributed by atoms with E-state index in [0.717, 1.165) is 42.3 Å². The van der Waals surface area contributed by atoms with Crippen molar-refractivity contribution < 1.29 is 4.79 Å². The molecule has 0 saturated carbocycles. The summed E-state index contributed by atoms with van der Waals surface area (Å²) in [6, 6.07) is 9.70. The first-order valence-electron chi connectivity index (χ1n) is 9.13. The lowest BCUT2D eigenvalue weighted by molar-refractivity contribution is 0.0946. The number of hydrogen-bond donors (Lipinski definition) is 1. The van der Waals surface area contributed by atoms with Crippen LogP contribution in [-0.4, -0.2) is 34.5 Å². The van der Waals surface area contributed by atoms with Gasteiger partial charge in [-0.2, -0.15) is 10.2 Å². The Bertz CT molecular complexity index is 806. The monoisotopic (exact) mass is 353 g/mol. The van der Waals surface area contributed by atoms with E-state index in [1.165, 1.54) is 0 Å². The smallest absolute Gasteiger partial charge is 0.251 e. The van der Waals surface area contributed by atoms with E-state index >= 15 is 0 Å². The van der Waals surface area contributed by atoms with Crippen molar-refractivity contribution in [2.75, 3.05) is 18.1 Å². The van der Waals surface area contributed by atoms with Gasteiger partial charge in [-0.25, -0.2) is 0 Å². The number of aryl methyl sites for hydroxylation is 2. The summed E-state index contributed by atoms with van der Waals surface area (Å²) in [6.07, 6.45) is 0.995. The molecule has 1 aliphatic heterocycles. The van der Waals surface area contributed by atoms with Gasteiger partial charge in [0.25, 0.3) is 5.91 Å². The number of carbonyl (C=O) groups is 1. The zero-order valence-electron chi connectivity index (χ0n) is 16.0. The van der Waals surface area contributed by atoms with Gasteiger partial charge in [-0.05, 0) is 57.0 Å². The van der Waals surface area contributed by atoms with Crippen molar-refractivity contribution in [3.05, 3.63) is 47.3 Å². The lowest BCUT2D eigenvalue weighted by Crippen LogP contribution is -2.30. The second kappa shape index (κ2) is 7.72. The minimum atomic E-state index is -0.0436. The fraction of sp³-hybridized carbons (Fsp3) is 0.450. The Kier molecular flexibility index (Phi) is 5.40. The van der Waals surface area contributed by atoms with Crippen molar-refractivity contribution in [2.45, 2.75) is 40.7 Å². The molecule has 1 N–H and O–H groups in total. The zero-order valence-corrected chi connectivity index (χ0v) is 16.0. The molecule has 2 heterocycles. The third-order valence-electron chi connectivity index (χ3n) is 4.60. The highest BCUT2D eigenvalue weighted by atomic mass is 16.1. The summed E-state index contributed by atoms with van der Waals surface area (Å²) < 4.78 is 2.00. The Hall–Kier alpha value is -2.63. The molecule has 0 saturated heterocycles. The third-order valence-corrected chi connectivity index (χ3v) is 4.60. The number of rotatable bonds is 6. The molecule has 1 amide bonds. The molecule has 1 aromatic carbocycles. The molecule has 2 aromatic rings. The summed E-state index contributed by atoms with van der Waals surface area (Å²) >= 11 is 0. The van der Waals surface area contributed by atoms with Gasteiger partial charge in [0.2, 0.25) is 0 Å². The van der Waals surface area contributed by atoms with Gasteiger partial charge < -0.3 is 5.32 Å². The number of benzene rings is 1. The van der Waals surface area contributed by atoms with Crippen LogP contribution in [0.2, 0.25) is 0 Å². The summed E-state index contributed by atoms with van der Waals surface area (Å²) in [5.74, 6) is 0.260. The maximum Gasteiger partial charge on any atom is 0.251 e. The highest BCUT2D eigenvalue weighted by Gasteiger charge is 2.14. The third kappa shape index (κ3) is 4.31. The Labute approximate surface area is 154 Å². The molecule has 26 heavy (non-hydrogen) atoms. The molecule has 3 rings (SSSR count). The van der Waals surface area contributed by atoms with Crippen molar-refractivity contribution in [3.8, 4) is 0 Å². The van der Waals surface area contributed by atoms with Crippen molar-refractivity contribution in [3.63, 3.8) is 0 Å². The summed E-state index contributed by atoms with van der Waals surface area (Å²) in [4.78, 5) is 12.4. The number of carbonyl (C=O) groups excluding carboxylic acids is 1. The minimum absolute atomic E-state index is 0.0436. The summed E-state index contributed by atoms with van der Waals surface area (Å²) in [7, 11) is 0. The molecule has 0 bridgehead atoms. The van der Waals surface area contributed by atoms with Gasteiger partial charge in [0.1, 0.15) is 0 Å². The second-order valence-corrected chi connectivity index (χ2v) is 7.18. The lowest BCUT2D eigenvalue weighted by atomic mass is 10.1. The molecule has 0 spiro atoms. The van der Waals surface area contributed by atoms with Crippen LogP contribution in [0.5, 0.6) is 0 Å². The normalized spacial score (nSPS) is 15.1. The van der Waals surface area contributed by atoms with E-state index in [1.54, 1.807) is 0 Å². The van der Waals surface area contributed by atoms with E-state index in [0.29, 0.717) is 18.0 Å². The Morgan fingerprint density at radius 3 is 2.54 bits per heavy atom. The van der Waals surface area contributed by atoms with Crippen molar-refractivity contribution >= 4 is 17.3 Å². The van der Waals surface area contributed by atoms with Gasteiger partial charge >= 0.3 is 0 Å². The van der Waals surface area contributed by atoms with Gasteiger partial charge in [0, 0.05) is 43.0 Å². The van der Waals surface area contributed by atoms with E-state index in [-0.39, 0.29) is 5.91 Å². The van der Waals surface area contributed by atoms with Crippen LogP contribution in [0.1, 0.15) is 42.0 Å². The summed E-state index contributed by atoms with van der Waals surface area (Å²) in [5, 5.41) is 14.0. The number of hydrogen-bond acceptors (Lipinski definition) is 4. The SMILES string of the molecule is CC1=NN(c2ccc(C(=O)NCC(C)Cn3nc(C)cc3C)cc2)CC1. The minimum Gasteiger partial charge on any atom is -0.352 e. The topological polar surface area (TPSA) is 62.5 Å². The number of aromatic nitrogens is 2. The molecule has 0 radical (unpaired) electrons. The average molecular weight is 353 g/mol. The molecule has 6 heteroatoms. The molecule has 1 aromatic heterocycles. The second-order valence-electron chi connectivity index (χ2n) is 7.18. The van der Waals surface area contributed by atoms with Gasteiger partial charge in [0.05, 0.1) is 11.4 Å². The molecular formula is C20H27N5O. The van der Waals surface area contributed by atoms with Crippen LogP contribution >= 0.6 is 0 Å². The van der Waals surface area contributed by atoms with Crippen LogP contribution in [-0.2, 0) is 6.54 Å². The van der Waals surface area contributed by atoms with E-state index < -0.39 is 0 Å². The molecule has 0 fully saturated rings. The highest BCUT2D eigenvalue weighted by molar-refractivity contribution is 5.94. The Morgan fingerprint density at radius 1 is 1.23 bits per heavy atom. The van der Waals surface area contributed by atoms with Crippen molar-refractivity contribution in [2.24, 2.45) is 11.0 Å². The number of amides is 1. The number of anilines is 1. The summed E-state index contributed by atoms with van der Waals surface area (Å²) in [6.45, 7) is 10.5. The van der Waals surface area contributed by atoms with Crippen LogP contribution < -0.4 is 10.3 Å². The Morgan fingerprint density at radius 2 is 1.96 bits per heavy atom. The van der Waals surface area contributed by atoms with Crippen LogP contribution in [0, 0.1) is 19.8 Å². The van der Waals surface area contributed by atoms with Gasteiger partial charge in [-0.15, -0.1) is 0 Å². The van der Waals surface area contributed by atoms with Gasteiger partial charge in [-0.3, -0.25) is 14.5 Å². The van der Waals surface area contributed by atoms with E-state index in [4.69, 9.17) is 0 Å². The number of hydrazone groups is 1. The maximum atomic E-state index is 12.4. The first kappa shape index (κ1) is 18.2. The zero-order chi connectivity index (χ0) is 18.7. The van der Waals surface area contributed by atoms with Gasteiger partial charge in [0.15, 0.2) is 0 Å². The number of nitrogens with one attached hydrogen (secondary N) is 1. The largest absolute Gasteiger partial charge is 0.352 e. The van der Waals surface area contributed by atoms with Crippen LogP contribution in [0.15, 0.2) is 35.4 Å². The van der Waals surface area contributed by atoms with Crippen LogP contribution in [0.4, 0.5) is 5.69 Å². The molecule has 1 aliphatic rings. The average Bonchev–Trinajstić information content (AvgIpc) is 3.18. The summed E-state index contributed by atoms with van der Waals surface area (Å²) in [5.41, 5.74) is 5.01. The quantitative estimate of drug-likeness (QED) is 0.868. The highest BCUT2D eigenvalue weighted by Crippen LogP contribution is 2.19. The van der Waals surface area contributed by atoms with Crippen LogP contribution in [0.25, 0.3) is 0 Å². The van der Waals surface area contributed by atoms with Gasteiger partial charge in [-0.1, -0.05) is 6.92 Å². The lowest BCUT2D eigenvalue weighted by Gasteiger charge is -2.15. The number of nitrogens with zero attached hydrogens (tertiary/aromatic N) is 4. The molecular weight excluding hydrogens is 326 g/mol. The van der Waals surface area contributed by atoms with Crippen molar-refractivity contribution in [1.29, 1.82) is 0 Å². The first-order chi connectivity index (χ1) is 12.4. The van der Waals surface area contributed by atoms with Crippen LogP contribution in [0.3, 0.4) is 0 Å². The van der Waals surface area contributed by atoms with E-state index in [2.05, 4.69) is 35.4 Å². The standard InChI is InChI=1S/C20H27N5O/c1-14(13-25-17(4)11-16(3)23-25)12-21-20(26)18-5-7-19(8-6-18)24-10-9-15(2)22-24/h5-8,11,14H,9-10,12-13H2,1-4H3,(H,21,26). The van der Waals surface area contributed by atoms with E-state index in [1.807, 2.05) is 47.8 Å². The molecule has 6 nitrogen and oxygen atoms in total. The predicted molar refractivity (Wildman–Crippen MR) is 105 cm³/mol. The fourth-order valence-corrected chi connectivity index (χ4v) is 3.13. The first-order valence-corrected chi connectivity index (χ1v) is 9.13. The fourth-order valence-electron chi connectivity index (χ4n) is 3.13. The molecule has 0 aliphatic carbocycles. The Balaban J connectivity index is 1.52. The molecule has 1 unspecified atom stereocenters.